The first-order valence-electron chi connectivity index (χ1n) is 5.71. The molecular formula is C13H20. The molecule has 0 aromatic carbocycles. The van der Waals surface area contributed by atoms with E-state index in [9.17, 15) is 0 Å². The van der Waals surface area contributed by atoms with Crippen LogP contribution in [-0.4, -0.2) is 0 Å². The van der Waals surface area contributed by atoms with Crippen LogP contribution in [0, 0.1) is 17.8 Å². The Morgan fingerprint density at radius 3 is 3.08 bits per heavy atom. The van der Waals surface area contributed by atoms with Gasteiger partial charge < -0.3 is 0 Å². The first-order valence-corrected chi connectivity index (χ1v) is 5.71. The Balaban J connectivity index is 2.25. The molecule has 2 unspecified atom stereocenters. The summed E-state index contributed by atoms with van der Waals surface area (Å²) in [5, 5.41) is 0. The van der Waals surface area contributed by atoms with Crippen LogP contribution in [0.25, 0.3) is 0 Å². The molecule has 0 heteroatoms. The molecule has 0 amide bonds. The fourth-order valence-corrected chi connectivity index (χ4v) is 3.01. The van der Waals surface area contributed by atoms with Gasteiger partial charge in [-0.25, -0.2) is 0 Å². The van der Waals surface area contributed by atoms with Crippen molar-refractivity contribution < 1.29 is 0 Å². The summed E-state index contributed by atoms with van der Waals surface area (Å²) in [6.07, 6.45) is 12.7. The lowest BCUT2D eigenvalue weighted by Crippen LogP contribution is -2.26. The van der Waals surface area contributed by atoms with E-state index in [-0.39, 0.29) is 0 Å². The van der Waals surface area contributed by atoms with Gasteiger partial charge in [-0.05, 0) is 42.6 Å². The van der Waals surface area contributed by atoms with E-state index in [1.54, 1.807) is 5.57 Å². The van der Waals surface area contributed by atoms with Crippen molar-refractivity contribution in [1.29, 1.82) is 0 Å². The molecule has 0 bridgehead atoms. The fourth-order valence-electron chi connectivity index (χ4n) is 3.01. The van der Waals surface area contributed by atoms with Crippen molar-refractivity contribution in [3.8, 4) is 0 Å². The van der Waals surface area contributed by atoms with Crippen molar-refractivity contribution in [2.75, 3.05) is 0 Å². The van der Waals surface area contributed by atoms with Gasteiger partial charge in [-0.2, -0.15) is 0 Å². The zero-order valence-electron chi connectivity index (χ0n) is 8.79. The number of hydrogen-bond acceptors (Lipinski definition) is 0. The standard InChI is InChI=1S/C13H20/c1-3-12-10(2)8-9-11-6-4-5-7-13(11)12/h6,8-10,12-13H,3-5,7H2,1-2H3/t10?,12?,13-/m0/s1. The third-order valence-corrected chi connectivity index (χ3v) is 3.78. The van der Waals surface area contributed by atoms with Crippen LogP contribution < -0.4 is 0 Å². The van der Waals surface area contributed by atoms with Crippen molar-refractivity contribution in [1.82, 2.24) is 0 Å². The summed E-state index contributed by atoms with van der Waals surface area (Å²) in [6.45, 7) is 4.71. The smallest absolute Gasteiger partial charge is 0.0131 e. The quantitative estimate of drug-likeness (QED) is 0.567. The molecule has 0 spiro atoms. The van der Waals surface area contributed by atoms with E-state index in [1.165, 1.54) is 25.7 Å². The summed E-state index contributed by atoms with van der Waals surface area (Å²) < 4.78 is 0. The molecule has 0 N–H and O–H groups in total. The Hall–Kier alpha value is -0.520. The molecule has 0 heterocycles. The Morgan fingerprint density at radius 2 is 2.31 bits per heavy atom. The van der Waals surface area contributed by atoms with Crippen LogP contribution >= 0.6 is 0 Å². The van der Waals surface area contributed by atoms with Crippen LogP contribution in [0.2, 0.25) is 0 Å². The van der Waals surface area contributed by atoms with E-state index in [1.807, 2.05) is 0 Å². The van der Waals surface area contributed by atoms with Gasteiger partial charge in [-0.15, -0.1) is 0 Å². The number of rotatable bonds is 1. The fraction of sp³-hybridized carbons (Fsp3) is 0.692. The molecule has 0 aromatic heterocycles. The molecule has 13 heavy (non-hydrogen) atoms. The number of allylic oxidation sites excluding steroid dienone is 4. The third-order valence-electron chi connectivity index (χ3n) is 3.78. The van der Waals surface area contributed by atoms with Crippen LogP contribution in [-0.2, 0) is 0 Å². The molecule has 0 radical (unpaired) electrons. The van der Waals surface area contributed by atoms with Crippen LogP contribution in [0.15, 0.2) is 23.8 Å². The second kappa shape index (κ2) is 3.69. The van der Waals surface area contributed by atoms with Crippen LogP contribution in [0.3, 0.4) is 0 Å². The van der Waals surface area contributed by atoms with Gasteiger partial charge in [-0.3, -0.25) is 0 Å². The van der Waals surface area contributed by atoms with Gasteiger partial charge in [0.2, 0.25) is 0 Å². The lowest BCUT2D eigenvalue weighted by atomic mass is 9.69. The Morgan fingerprint density at radius 1 is 1.46 bits per heavy atom. The normalized spacial score (nSPS) is 38.3. The molecule has 2 aliphatic carbocycles. The predicted octanol–water partition coefficient (Wildman–Crippen LogP) is 3.95. The first kappa shape index (κ1) is 9.05. The van der Waals surface area contributed by atoms with Gasteiger partial charge >= 0.3 is 0 Å². The second-order valence-electron chi connectivity index (χ2n) is 4.53. The topological polar surface area (TPSA) is 0 Å². The largest absolute Gasteiger partial charge is 0.0811 e. The lowest BCUT2D eigenvalue weighted by molar-refractivity contribution is 0.268. The highest BCUT2D eigenvalue weighted by atomic mass is 14.3. The Labute approximate surface area is 81.7 Å². The SMILES string of the molecule is CCC1C(C)C=CC2=CCCC[C@@H]21. The average Bonchev–Trinajstić information content (AvgIpc) is 2.18. The maximum Gasteiger partial charge on any atom is -0.0131 e. The number of hydrogen-bond donors (Lipinski definition) is 0. The highest BCUT2D eigenvalue weighted by molar-refractivity contribution is 5.28. The third kappa shape index (κ3) is 1.59. The summed E-state index contributed by atoms with van der Waals surface area (Å²) in [5.41, 5.74) is 1.64. The first-order chi connectivity index (χ1) is 6.33. The minimum absolute atomic E-state index is 0.797. The summed E-state index contributed by atoms with van der Waals surface area (Å²) in [4.78, 5) is 0. The van der Waals surface area contributed by atoms with E-state index < -0.39 is 0 Å². The van der Waals surface area contributed by atoms with Gasteiger partial charge in [0.25, 0.3) is 0 Å². The van der Waals surface area contributed by atoms with Crippen molar-refractivity contribution in [3.05, 3.63) is 23.8 Å². The minimum Gasteiger partial charge on any atom is -0.0811 e. The van der Waals surface area contributed by atoms with E-state index in [0.29, 0.717) is 0 Å². The van der Waals surface area contributed by atoms with Gasteiger partial charge in [0.05, 0.1) is 0 Å². The summed E-state index contributed by atoms with van der Waals surface area (Å²) in [6, 6.07) is 0. The zero-order chi connectivity index (χ0) is 9.26. The lowest BCUT2D eigenvalue weighted by Gasteiger charge is -2.36. The van der Waals surface area contributed by atoms with E-state index in [0.717, 1.165) is 17.8 Å². The molecule has 0 aromatic rings. The van der Waals surface area contributed by atoms with Crippen molar-refractivity contribution in [2.24, 2.45) is 17.8 Å². The molecule has 72 valence electrons. The van der Waals surface area contributed by atoms with E-state index >= 15 is 0 Å². The summed E-state index contributed by atoms with van der Waals surface area (Å²) >= 11 is 0. The van der Waals surface area contributed by atoms with Crippen molar-refractivity contribution in [3.63, 3.8) is 0 Å². The minimum atomic E-state index is 0.797. The van der Waals surface area contributed by atoms with Crippen LogP contribution in [0.4, 0.5) is 0 Å². The summed E-state index contributed by atoms with van der Waals surface area (Å²) in [5.74, 6) is 2.60. The van der Waals surface area contributed by atoms with Crippen molar-refractivity contribution in [2.45, 2.75) is 39.5 Å². The van der Waals surface area contributed by atoms with E-state index in [2.05, 4.69) is 32.1 Å². The Bertz CT molecular complexity index is 234. The molecule has 3 atom stereocenters. The molecule has 2 aliphatic rings. The van der Waals surface area contributed by atoms with E-state index in [4.69, 9.17) is 0 Å². The maximum absolute atomic E-state index is 2.46. The molecule has 0 saturated heterocycles. The molecule has 2 rings (SSSR count). The molecule has 0 nitrogen and oxygen atoms in total. The molecular weight excluding hydrogens is 156 g/mol. The second-order valence-corrected chi connectivity index (χ2v) is 4.53. The van der Waals surface area contributed by atoms with Crippen LogP contribution in [0.1, 0.15) is 39.5 Å². The molecule has 0 saturated carbocycles. The maximum atomic E-state index is 2.46. The van der Waals surface area contributed by atoms with Gasteiger partial charge in [0.1, 0.15) is 0 Å². The highest BCUT2D eigenvalue weighted by Gasteiger charge is 2.30. The zero-order valence-corrected chi connectivity index (χ0v) is 8.79. The Kier molecular flexibility index (Phi) is 2.57. The van der Waals surface area contributed by atoms with Gasteiger partial charge in [0.15, 0.2) is 0 Å². The summed E-state index contributed by atoms with van der Waals surface area (Å²) in [7, 11) is 0. The predicted molar refractivity (Wildman–Crippen MR) is 57.5 cm³/mol. The molecule has 0 fully saturated rings. The molecule has 0 aliphatic heterocycles. The highest BCUT2D eigenvalue weighted by Crippen LogP contribution is 2.41. The van der Waals surface area contributed by atoms with Crippen LogP contribution in [0.5, 0.6) is 0 Å². The number of fused-ring (bicyclic) bond motifs is 1. The van der Waals surface area contributed by atoms with Gasteiger partial charge in [-0.1, -0.05) is 38.5 Å². The van der Waals surface area contributed by atoms with Crippen molar-refractivity contribution >= 4 is 0 Å². The van der Waals surface area contributed by atoms with Gasteiger partial charge in [0, 0.05) is 0 Å². The monoisotopic (exact) mass is 176 g/mol. The average molecular weight is 176 g/mol.